The fraction of sp³-hybridized carbons (Fsp3) is 0.316. The summed E-state index contributed by atoms with van der Waals surface area (Å²) in [5, 5.41) is 11.2. The van der Waals surface area contributed by atoms with Crippen LogP contribution in [0.4, 0.5) is 0 Å². The second kappa shape index (κ2) is 7.19. The van der Waals surface area contributed by atoms with E-state index in [1.54, 1.807) is 11.3 Å². The van der Waals surface area contributed by atoms with Crippen LogP contribution in [0.3, 0.4) is 0 Å². The average molecular weight is 354 g/mol. The van der Waals surface area contributed by atoms with Gasteiger partial charge in [0, 0.05) is 17.8 Å². The van der Waals surface area contributed by atoms with Crippen LogP contribution < -0.4 is 5.32 Å². The number of nitrogens with one attached hydrogen (secondary N) is 2. The molecule has 0 spiro atoms. The van der Waals surface area contributed by atoms with Crippen LogP contribution in [0, 0.1) is 27.7 Å². The summed E-state index contributed by atoms with van der Waals surface area (Å²) in [7, 11) is 0. The first kappa shape index (κ1) is 17.4. The Morgan fingerprint density at radius 3 is 2.64 bits per heavy atom. The van der Waals surface area contributed by atoms with Gasteiger partial charge in [-0.1, -0.05) is 12.1 Å². The van der Waals surface area contributed by atoms with Gasteiger partial charge in [-0.05, 0) is 57.4 Å². The van der Waals surface area contributed by atoms with Gasteiger partial charge in [-0.15, -0.1) is 11.3 Å². The van der Waals surface area contributed by atoms with E-state index in [0.29, 0.717) is 12.1 Å². The maximum Gasteiger partial charge on any atom is 0.251 e. The number of thiazole rings is 1. The summed E-state index contributed by atoms with van der Waals surface area (Å²) < 4.78 is 0. The molecule has 3 rings (SSSR count). The summed E-state index contributed by atoms with van der Waals surface area (Å²) in [6, 6.07) is 7.72. The third kappa shape index (κ3) is 3.79. The molecule has 5 nitrogen and oxygen atoms in total. The SMILES string of the molecule is Cc1nc(C)c(-c2cccc(C(=O)NCCc3c(C)n[nH]c3C)c2)s1. The summed E-state index contributed by atoms with van der Waals surface area (Å²) in [6.45, 7) is 8.56. The van der Waals surface area contributed by atoms with E-state index in [1.165, 1.54) is 5.56 Å². The molecule has 0 saturated heterocycles. The number of hydrogen-bond acceptors (Lipinski definition) is 4. The molecule has 0 fully saturated rings. The number of amides is 1. The van der Waals surface area contributed by atoms with E-state index in [1.807, 2.05) is 52.0 Å². The second-order valence-corrected chi connectivity index (χ2v) is 7.35. The normalized spacial score (nSPS) is 10.9. The molecular weight excluding hydrogens is 332 g/mol. The number of rotatable bonds is 5. The third-order valence-electron chi connectivity index (χ3n) is 4.23. The molecule has 2 heterocycles. The van der Waals surface area contributed by atoms with Gasteiger partial charge < -0.3 is 5.32 Å². The molecule has 3 aromatic rings. The van der Waals surface area contributed by atoms with Gasteiger partial charge in [-0.2, -0.15) is 5.10 Å². The number of aryl methyl sites for hydroxylation is 4. The first-order valence-corrected chi connectivity index (χ1v) is 9.10. The zero-order valence-electron chi connectivity index (χ0n) is 14.9. The fourth-order valence-corrected chi connectivity index (χ4v) is 3.86. The highest BCUT2D eigenvalue weighted by Crippen LogP contribution is 2.30. The lowest BCUT2D eigenvalue weighted by Gasteiger charge is -2.07. The van der Waals surface area contributed by atoms with Crippen molar-refractivity contribution < 1.29 is 4.79 Å². The molecule has 0 aliphatic rings. The molecule has 130 valence electrons. The first-order valence-electron chi connectivity index (χ1n) is 8.29. The van der Waals surface area contributed by atoms with Crippen LogP contribution in [-0.2, 0) is 6.42 Å². The average Bonchev–Trinajstić information content (AvgIpc) is 3.10. The predicted molar refractivity (Wildman–Crippen MR) is 101 cm³/mol. The number of nitrogens with zero attached hydrogens (tertiary/aromatic N) is 2. The minimum absolute atomic E-state index is 0.0560. The number of carbonyl (C=O) groups excluding carboxylic acids is 1. The molecule has 6 heteroatoms. The Labute approximate surface area is 151 Å². The number of aromatic nitrogens is 3. The van der Waals surface area contributed by atoms with E-state index in [0.717, 1.165) is 39.0 Å². The van der Waals surface area contributed by atoms with Crippen molar-refractivity contribution in [1.29, 1.82) is 0 Å². The van der Waals surface area contributed by atoms with E-state index >= 15 is 0 Å². The topological polar surface area (TPSA) is 70.7 Å². The molecule has 0 aliphatic carbocycles. The molecular formula is C19H22N4OS. The Hall–Kier alpha value is -2.47. The maximum absolute atomic E-state index is 12.5. The number of benzene rings is 1. The van der Waals surface area contributed by atoms with Crippen molar-refractivity contribution in [3.05, 3.63) is 57.5 Å². The van der Waals surface area contributed by atoms with Crippen LogP contribution in [-0.4, -0.2) is 27.6 Å². The van der Waals surface area contributed by atoms with Gasteiger partial charge in [0.1, 0.15) is 0 Å². The lowest BCUT2D eigenvalue weighted by Crippen LogP contribution is -2.25. The molecule has 2 aromatic heterocycles. The van der Waals surface area contributed by atoms with E-state index < -0.39 is 0 Å². The zero-order valence-corrected chi connectivity index (χ0v) is 15.8. The van der Waals surface area contributed by atoms with Crippen molar-refractivity contribution in [3.8, 4) is 10.4 Å². The van der Waals surface area contributed by atoms with Crippen LogP contribution in [0.2, 0.25) is 0 Å². The molecule has 0 bridgehead atoms. The van der Waals surface area contributed by atoms with Gasteiger partial charge in [-0.3, -0.25) is 9.89 Å². The van der Waals surface area contributed by atoms with E-state index in [-0.39, 0.29) is 5.91 Å². The monoisotopic (exact) mass is 354 g/mol. The maximum atomic E-state index is 12.5. The van der Waals surface area contributed by atoms with Crippen molar-refractivity contribution in [2.45, 2.75) is 34.1 Å². The molecule has 0 aliphatic heterocycles. The zero-order chi connectivity index (χ0) is 18.0. The Morgan fingerprint density at radius 2 is 2.00 bits per heavy atom. The van der Waals surface area contributed by atoms with E-state index in [4.69, 9.17) is 0 Å². The molecule has 0 unspecified atom stereocenters. The van der Waals surface area contributed by atoms with Gasteiger partial charge in [-0.25, -0.2) is 4.98 Å². The lowest BCUT2D eigenvalue weighted by atomic mass is 10.1. The van der Waals surface area contributed by atoms with Crippen molar-refractivity contribution >= 4 is 17.2 Å². The predicted octanol–water partition coefficient (Wildman–Crippen LogP) is 3.74. The summed E-state index contributed by atoms with van der Waals surface area (Å²) in [5.74, 6) is -0.0560. The highest BCUT2D eigenvalue weighted by Gasteiger charge is 2.12. The smallest absolute Gasteiger partial charge is 0.251 e. The summed E-state index contributed by atoms with van der Waals surface area (Å²) in [4.78, 5) is 18.1. The minimum Gasteiger partial charge on any atom is -0.352 e. The fourth-order valence-electron chi connectivity index (χ4n) is 2.95. The minimum atomic E-state index is -0.0560. The van der Waals surface area contributed by atoms with Gasteiger partial charge in [0.15, 0.2) is 0 Å². The summed E-state index contributed by atoms with van der Waals surface area (Å²) >= 11 is 1.65. The Bertz CT molecular complexity index is 891. The van der Waals surface area contributed by atoms with Crippen LogP contribution in [0.1, 0.15) is 38.0 Å². The van der Waals surface area contributed by atoms with Gasteiger partial charge in [0.2, 0.25) is 0 Å². The highest BCUT2D eigenvalue weighted by molar-refractivity contribution is 7.15. The Balaban J connectivity index is 1.68. The van der Waals surface area contributed by atoms with Gasteiger partial charge in [0.05, 0.1) is 21.3 Å². The van der Waals surface area contributed by atoms with Crippen molar-refractivity contribution in [2.75, 3.05) is 6.54 Å². The van der Waals surface area contributed by atoms with Crippen LogP contribution in [0.5, 0.6) is 0 Å². The molecule has 0 saturated carbocycles. The van der Waals surface area contributed by atoms with E-state index in [9.17, 15) is 4.79 Å². The molecule has 0 radical (unpaired) electrons. The Kier molecular flexibility index (Phi) is 4.99. The van der Waals surface area contributed by atoms with Crippen molar-refractivity contribution in [2.24, 2.45) is 0 Å². The molecule has 25 heavy (non-hydrogen) atoms. The lowest BCUT2D eigenvalue weighted by molar-refractivity contribution is 0.0954. The first-order chi connectivity index (χ1) is 12.0. The van der Waals surface area contributed by atoms with Crippen LogP contribution in [0.25, 0.3) is 10.4 Å². The van der Waals surface area contributed by atoms with Gasteiger partial charge in [0.25, 0.3) is 5.91 Å². The highest BCUT2D eigenvalue weighted by atomic mass is 32.1. The van der Waals surface area contributed by atoms with Crippen LogP contribution >= 0.6 is 11.3 Å². The van der Waals surface area contributed by atoms with Gasteiger partial charge >= 0.3 is 0 Å². The largest absolute Gasteiger partial charge is 0.352 e. The molecule has 2 N–H and O–H groups in total. The van der Waals surface area contributed by atoms with Crippen LogP contribution in [0.15, 0.2) is 24.3 Å². The molecule has 1 amide bonds. The quantitative estimate of drug-likeness (QED) is 0.733. The van der Waals surface area contributed by atoms with Crippen molar-refractivity contribution in [1.82, 2.24) is 20.5 Å². The number of carbonyl (C=O) groups is 1. The third-order valence-corrected chi connectivity index (χ3v) is 5.35. The standard InChI is InChI=1S/C19H22N4OS/c1-11-17(12(2)23-22-11)8-9-20-19(24)16-7-5-6-15(10-16)18-13(3)21-14(4)25-18/h5-7,10H,8-9H2,1-4H3,(H,20,24)(H,22,23). The number of H-pyrrole nitrogens is 1. The summed E-state index contributed by atoms with van der Waals surface area (Å²) in [5.41, 5.74) is 5.94. The van der Waals surface area contributed by atoms with E-state index in [2.05, 4.69) is 20.5 Å². The molecule has 0 atom stereocenters. The Morgan fingerprint density at radius 1 is 1.20 bits per heavy atom. The molecule has 1 aromatic carbocycles. The van der Waals surface area contributed by atoms with Crippen molar-refractivity contribution in [3.63, 3.8) is 0 Å². The number of hydrogen-bond donors (Lipinski definition) is 2. The number of aromatic amines is 1. The second-order valence-electron chi connectivity index (χ2n) is 6.15. The summed E-state index contributed by atoms with van der Waals surface area (Å²) in [6.07, 6.45) is 0.771.